The van der Waals surface area contributed by atoms with Crippen LogP contribution < -0.4 is 5.73 Å². The van der Waals surface area contributed by atoms with Gasteiger partial charge in [0.15, 0.2) is 5.16 Å². The number of fused-ring (bicyclic) bond motifs is 1. The molecule has 6 nitrogen and oxygen atoms in total. The van der Waals surface area contributed by atoms with Gasteiger partial charge in [0.2, 0.25) is 0 Å². The summed E-state index contributed by atoms with van der Waals surface area (Å²) in [5, 5.41) is 1.18. The molecular weight excluding hydrogens is 336 g/mol. The number of carbonyl (C=O) groups excluding carboxylic acids is 2. The minimum absolute atomic E-state index is 0.314. The molecule has 0 aliphatic carbocycles. The Kier molecular flexibility index (Phi) is 4.85. The molecule has 0 aliphatic heterocycles. The van der Waals surface area contributed by atoms with Crippen LogP contribution in [0, 0.1) is 0 Å². The van der Waals surface area contributed by atoms with Gasteiger partial charge in [-0.2, -0.15) is 0 Å². The van der Waals surface area contributed by atoms with Crippen molar-refractivity contribution in [2.24, 2.45) is 5.73 Å². The van der Waals surface area contributed by atoms with E-state index >= 15 is 0 Å². The van der Waals surface area contributed by atoms with E-state index in [1.807, 2.05) is 48.1 Å². The van der Waals surface area contributed by atoms with Crippen molar-refractivity contribution < 1.29 is 9.59 Å². The van der Waals surface area contributed by atoms with Crippen molar-refractivity contribution in [3.63, 3.8) is 0 Å². The lowest BCUT2D eigenvalue weighted by Gasteiger charge is -2.10. The van der Waals surface area contributed by atoms with Crippen molar-refractivity contribution in [1.82, 2.24) is 14.5 Å². The maximum absolute atomic E-state index is 12.4. The average Bonchev–Trinajstić information content (AvgIpc) is 2.94. The zero-order valence-corrected chi connectivity index (χ0v) is 14.8. The van der Waals surface area contributed by atoms with Crippen LogP contribution in [-0.2, 0) is 17.8 Å². The summed E-state index contributed by atoms with van der Waals surface area (Å²) in [6.45, 7) is 2.49. The maximum Gasteiger partial charge on any atom is 0.289 e. The molecule has 0 saturated carbocycles. The van der Waals surface area contributed by atoms with Crippen LogP contribution in [0.1, 0.15) is 28.5 Å². The summed E-state index contributed by atoms with van der Waals surface area (Å²) in [5.74, 6) is -1.67. The number of rotatable bonds is 6. The number of hydrogen-bond acceptors (Lipinski definition) is 5. The van der Waals surface area contributed by atoms with Gasteiger partial charge in [-0.15, -0.1) is 0 Å². The third-order valence-electron chi connectivity index (χ3n) is 4.04. The predicted molar refractivity (Wildman–Crippen MR) is 97.8 cm³/mol. The van der Waals surface area contributed by atoms with Gasteiger partial charge in [0.25, 0.3) is 11.7 Å². The molecule has 2 heterocycles. The highest BCUT2D eigenvalue weighted by Crippen LogP contribution is 2.28. The highest BCUT2D eigenvalue weighted by atomic mass is 32.2. The van der Waals surface area contributed by atoms with Crippen LogP contribution in [0.15, 0.2) is 41.7 Å². The number of ketones is 1. The minimum atomic E-state index is -0.970. The molecule has 2 N–H and O–H groups in total. The van der Waals surface area contributed by atoms with Gasteiger partial charge < -0.3 is 10.3 Å². The molecule has 1 amide bonds. The number of nitrogens with two attached hydrogens (primary N) is 1. The lowest BCUT2D eigenvalue weighted by atomic mass is 10.1. The van der Waals surface area contributed by atoms with Gasteiger partial charge in [-0.3, -0.25) is 9.59 Å². The molecule has 3 aromatic rings. The van der Waals surface area contributed by atoms with E-state index in [1.54, 1.807) is 6.20 Å². The number of hydrogen-bond donors (Lipinski definition) is 1. The summed E-state index contributed by atoms with van der Waals surface area (Å²) in [6.07, 6.45) is 4.07. The first-order valence-electron chi connectivity index (χ1n) is 7.87. The normalized spacial score (nSPS) is 11.0. The van der Waals surface area contributed by atoms with Crippen LogP contribution in [0.5, 0.6) is 0 Å². The Labute approximate surface area is 149 Å². The Hall–Kier alpha value is -2.67. The highest BCUT2D eigenvalue weighted by Gasteiger charge is 2.26. The Morgan fingerprint density at radius 1 is 1.24 bits per heavy atom. The molecule has 3 rings (SSSR count). The van der Waals surface area contributed by atoms with E-state index in [-0.39, 0.29) is 0 Å². The average molecular weight is 354 g/mol. The molecule has 25 heavy (non-hydrogen) atoms. The second-order valence-corrected chi connectivity index (χ2v) is 6.31. The van der Waals surface area contributed by atoms with Crippen molar-refractivity contribution in [3.05, 3.63) is 53.3 Å². The van der Waals surface area contributed by atoms with Crippen LogP contribution >= 0.6 is 11.8 Å². The van der Waals surface area contributed by atoms with Gasteiger partial charge in [-0.05, 0) is 18.2 Å². The van der Waals surface area contributed by atoms with Gasteiger partial charge in [-0.1, -0.05) is 49.0 Å². The fourth-order valence-electron chi connectivity index (χ4n) is 2.94. The van der Waals surface area contributed by atoms with Crippen LogP contribution in [-0.4, -0.2) is 32.5 Å². The standard InChI is InChI=1S/C18H18N4O2S/c1-3-13-14(15(23)16(19)24)12-9-20-18(25-2)21-17(12)22(13)10-11-7-5-4-6-8-11/h4-9H,3,10H2,1-2H3,(H2,19,24). The summed E-state index contributed by atoms with van der Waals surface area (Å²) in [7, 11) is 0. The summed E-state index contributed by atoms with van der Waals surface area (Å²) in [4.78, 5) is 32.8. The van der Waals surface area contributed by atoms with E-state index in [1.165, 1.54) is 11.8 Å². The van der Waals surface area contributed by atoms with Crippen LogP contribution in [0.2, 0.25) is 0 Å². The van der Waals surface area contributed by atoms with Gasteiger partial charge >= 0.3 is 0 Å². The minimum Gasteiger partial charge on any atom is -0.363 e. The number of thioether (sulfide) groups is 1. The highest BCUT2D eigenvalue weighted by molar-refractivity contribution is 7.98. The van der Waals surface area contributed by atoms with Crippen LogP contribution in [0.3, 0.4) is 0 Å². The molecule has 0 bridgehead atoms. The predicted octanol–water partition coefficient (Wildman–Crippen LogP) is 2.43. The zero-order valence-electron chi connectivity index (χ0n) is 14.0. The maximum atomic E-state index is 12.4. The molecular formula is C18H18N4O2S. The van der Waals surface area contributed by atoms with Gasteiger partial charge in [-0.25, -0.2) is 9.97 Å². The van der Waals surface area contributed by atoms with Gasteiger partial charge in [0, 0.05) is 23.8 Å². The Balaban J connectivity index is 2.29. The number of Topliss-reactive ketones (excluding diaryl/α,β-unsaturated/α-hetero) is 1. The lowest BCUT2D eigenvalue weighted by Crippen LogP contribution is -2.24. The lowest BCUT2D eigenvalue weighted by molar-refractivity contribution is -0.114. The summed E-state index contributed by atoms with van der Waals surface area (Å²) in [6, 6.07) is 9.90. The molecule has 1 aromatic carbocycles. The topological polar surface area (TPSA) is 90.9 Å². The number of primary amides is 1. The molecule has 0 radical (unpaired) electrons. The first-order chi connectivity index (χ1) is 12.1. The van der Waals surface area contributed by atoms with Gasteiger partial charge in [0.05, 0.1) is 5.56 Å². The molecule has 0 saturated heterocycles. The summed E-state index contributed by atoms with van der Waals surface area (Å²) < 4.78 is 1.97. The second kappa shape index (κ2) is 7.06. The number of carbonyl (C=O) groups is 2. The van der Waals surface area contributed by atoms with Gasteiger partial charge in [0.1, 0.15) is 5.65 Å². The van der Waals surface area contributed by atoms with Crippen molar-refractivity contribution in [1.29, 1.82) is 0 Å². The monoisotopic (exact) mass is 354 g/mol. The summed E-state index contributed by atoms with van der Waals surface area (Å²) >= 11 is 1.42. The Morgan fingerprint density at radius 2 is 1.96 bits per heavy atom. The van der Waals surface area contributed by atoms with E-state index in [9.17, 15) is 9.59 Å². The third kappa shape index (κ3) is 3.15. The van der Waals surface area contributed by atoms with Crippen molar-refractivity contribution >= 4 is 34.5 Å². The van der Waals surface area contributed by atoms with E-state index < -0.39 is 11.7 Å². The molecule has 0 fully saturated rings. The molecule has 0 unspecified atom stereocenters. The van der Waals surface area contributed by atoms with E-state index in [0.29, 0.717) is 34.7 Å². The van der Waals surface area contributed by atoms with E-state index in [2.05, 4.69) is 9.97 Å². The summed E-state index contributed by atoms with van der Waals surface area (Å²) in [5.41, 5.74) is 8.04. The molecule has 0 spiro atoms. The van der Waals surface area contributed by atoms with E-state index in [0.717, 1.165) is 11.3 Å². The van der Waals surface area contributed by atoms with Crippen molar-refractivity contribution in [3.8, 4) is 0 Å². The first kappa shape index (κ1) is 17.2. The van der Waals surface area contributed by atoms with Crippen LogP contribution in [0.25, 0.3) is 11.0 Å². The number of aromatic nitrogens is 3. The SMILES string of the molecule is CCc1c(C(=O)C(N)=O)c2cnc(SC)nc2n1Cc1ccccc1. The Morgan fingerprint density at radius 3 is 2.56 bits per heavy atom. The molecule has 7 heteroatoms. The second-order valence-electron chi connectivity index (χ2n) is 5.53. The largest absolute Gasteiger partial charge is 0.363 e. The molecule has 0 atom stereocenters. The third-order valence-corrected chi connectivity index (χ3v) is 4.60. The molecule has 0 aliphatic rings. The Bertz CT molecular complexity index is 951. The number of amides is 1. The van der Waals surface area contributed by atoms with Crippen molar-refractivity contribution in [2.45, 2.75) is 25.0 Å². The smallest absolute Gasteiger partial charge is 0.289 e. The van der Waals surface area contributed by atoms with Crippen LogP contribution in [0.4, 0.5) is 0 Å². The fourth-order valence-corrected chi connectivity index (χ4v) is 3.27. The number of nitrogens with zero attached hydrogens (tertiary/aromatic N) is 3. The fraction of sp³-hybridized carbons (Fsp3) is 0.222. The first-order valence-corrected chi connectivity index (χ1v) is 9.09. The zero-order chi connectivity index (χ0) is 18.0. The van der Waals surface area contributed by atoms with E-state index in [4.69, 9.17) is 5.73 Å². The quantitative estimate of drug-likeness (QED) is 0.318. The van der Waals surface area contributed by atoms with Crippen molar-refractivity contribution in [2.75, 3.05) is 6.26 Å². The molecule has 2 aromatic heterocycles. The molecule has 128 valence electrons. The number of benzene rings is 1.